The van der Waals surface area contributed by atoms with Crippen LogP contribution in [0.2, 0.25) is 0 Å². The molecule has 0 saturated carbocycles. The van der Waals surface area contributed by atoms with Gasteiger partial charge in [-0.1, -0.05) is 12.1 Å². The summed E-state index contributed by atoms with van der Waals surface area (Å²) < 4.78 is 12.6. The van der Waals surface area contributed by atoms with Gasteiger partial charge in [0.2, 0.25) is 0 Å². The van der Waals surface area contributed by atoms with Crippen molar-refractivity contribution in [3.63, 3.8) is 0 Å². The van der Waals surface area contributed by atoms with E-state index >= 15 is 0 Å². The number of aromatic nitrogens is 2. The molecule has 0 atom stereocenters. The molecule has 4 rings (SSSR count). The fourth-order valence-electron chi connectivity index (χ4n) is 3.09. The van der Waals surface area contributed by atoms with Crippen molar-refractivity contribution in [2.75, 3.05) is 17.2 Å². The molecule has 2 aromatic carbocycles. The standard InChI is InChI=1S/C24H22N4O4/c1-2-31-20-11-9-17(10-12-20)26-24(30)27-18-6-5-7-21(14-18)32-16-19-15-23(29)28-13-4-3-8-22(28)25-19/h3-15H,2,16H2,1H3,(H2,26,27,30). The number of nitrogens with one attached hydrogen (secondary N) is 2. The quantitative estimate of drug-likeness (QED) is 0.456. The zero-order valence-corrected chi connectivity index (χ0v) is 17.4. The van der Waals surface area contributed by atoms with Crippen molar-refractivity contribution < 1.29 is 14.3 Å². The Morgan fingerprint density at radius 3 is 2.53 bits per heavy atom. The van der Waals surface area contributed by atoms with E-state index in [9.17, 15) is 9.59 Å². The molecule has 2 amide bonds. The van der Waals surface area contributed by atoms with Crippen LogP contribution in [0.1, 0.15) is 12.6 Å². The number of carbonyl (C=O) groups excluding carboxylic acids is 1. The van der Waals surface area contributed by atoms with E-state index in [0.717, 1.165) is 5.75 Å². The Kier molecular flexibility index (Phi) is 6.31. The first kappa shape index (κ1) is 20.9. The van der Waals surface area contributed by atoms with Gasteiger partial charge in [-0.25, -0.2) is 9.78 Å². The SMILES string of the molecule is CCOc1ccc(NC(=O)Nc2cccc(OCc3cc(=O)n4ccccc4n3)c2)cc1. The number of anilines is 2. The molecule has 0 bridgehead atoms. The molecule has 8 heteroatoms. The Labute approximate surface area is 184 Å². The number of nitrogens with zero attached hydrogens (tertiary/aromatic N) is 2. The van der Waals surface area contributed by atoms with Crippen molar-refractivity contribution in [2.45, 2.75) is 13.5 Å². The van der Waals surface area contributed by atoms with Gasteiger partial charge in [0.1, 0.15) is 23.8 Å². The van der Waals surface area contributed by atoms with Crippen molar-refractivity contribution in [1.82, 2.24) is 9.38 Å². The van der Waals surface area contributed by atoms with Gasteiger partial charge in [0.05, 0.1) is 12.3 Å². The van der Waals surface area contributed by atoms with Crippen LogP contribution >= 0.6 is 0 Å². The Hall–Kier alpha value is -4.33. The van der Waals surface area contributed by atoms with Crippen LogP contribution in [0.3, 0.4) is 0 Å². The second-order valence-corrected chi connectivity index (χ2v) is 6.87. The third kappa shape index (κ3) is 5.23. The summed E-state index contributed by atoms with van der Waals surface area (Å²) in [5, 5.41) is 5.54. The second-order valence-electron chi connectivity index (χ2n) is 6.87. The van der Waals surface area contributed by atoms with Gasteiger partial charge in [-0.2, -0.15) is 0 Å². The van der Waals surface area contributed by atoms with Gasteiger partial charge < -0.3 is 20.1 Å². The Balaban J connectivity index is 1.37. The first-order valence-corrected chi connectivity index (χ1v) is 10.1. The normalized spacial score (nSPS) is 10.5. The van der Waals surface area contributed by atoms with Gasteiger partial charge >= 0.3 is 6.03 Å². The summed E-state index contributed by atoms with van der Waals surface area (Å²) in [4.78, 5) is 28.9. The zero-order valence-electron chi connectivity index (χ0n) is 17.4. The van der Waals surface area contributed by atoms with Gasteiger partial charge in [0.15, 0.2) is 0 Å². The van der Waals surface area contributed by atoms with Crippen LogP contribution in [0.25, 0.3) is 5.65 Å². The molecule has 0 saturated heterocycles. The molecule has 2 heterocycles. The average molecular weight is 430 g/mol. The number of carbonyl (C=O) groups is 1. The largest absolute Gasteiger partial charge is 0.494 e. The van der Waals surface area contributed by atoms with Gasteiger partial charge in [-0.05, 0) is 55.5 Å². The lowest BCUT2D eigenvalue weighted by atomic mass is 10.3. The average Bonchev–Trinajstić information content (AvgIpc) is 2.79. The Bertz CT molecular complexity index is 1290. The zero-order chi connectivity index (χ0) is 22.3. The maximum Gasteiger partial charge on any atom is 0.323 e. The van der Waals surface area contributed by atoms with Crippen molar-refractivity contribution in [1.29, 1.82) is 0 Å². The number of urea groups is 1. The topological polar surface area (TPSA) is 94.0 Å². The van der Waals surface area contributed by atoms with Crippen LogP contribution in [0.5, 0.6) is 11.5 Å². The molecule has 2 aromatic heterocycles. The minimum atomic E-state index is -0.379. The van der Waals surface area contributed by atoms with E-state index in [1.54, 1.807) is 66.9 Å². The molecule has 0 aliphatic carbocycles. The Morgan fingerprint density at radius 2 is 1.72 bits per heavy atom. The number of pyridine rings is 1. The van der Waals surface area contributed by atoms with Crippen LogP contribution in [0, 0.1) is 0 Å². The second kappa shape index (κ2) is 9.65. The van der Waals surface area contributed by atoms with Crippen molar-refractivity contribution in [2.24, 2.45) is 0 Å². The number of ether oxygens (including phenoxy) is 2. The van der Waals surface area contributed by atoms with E-state index in [0.29, 0.717) is 35.1 Å². The highest BCUT2D eigenvalue weighted by Gasteiger charge is 2.06. The van der Waals surface area contributed by atoms with Crippen LogP contribution in [0.15, 0.2) is 83.8 Å². The highest BCUT2D eigenvalue weighted by atomic mass is 16.5. The lowest BCUT2D eigenvalue weighted by Gasteiger charge is -2.11. The molecular weight excluding hydrogens is 408 g/mol. The number of benzene rings is 2. The molecule has 0 radical (unpaired) electrons. The lowest BCUT2D eigenvalue weighted by Crippen LogP contribution is -2.19. The molecule has 0 aliphatic heterocycles. The molecule has 32 heavy (non-hydrogen) atoms. The van der Waals surface area contributed by atoms with E-state index in [-0.39, 0.29) is 18.2 Å². The highest BCUT2D eigenvalue weighted by Crippen LogP contribution is 2.20. The summed E-state index contributed by atoms with van der Waals surface area (Å²) >= 11 is 0. The fourth-order valence-corrected chi connectivity index (χ4v) is 3.09. The summed E-state index contributed by atoms with van der Waals surface area (Å²) in [6, 6.07) is 20.5. The maximum atomic E-state index is 12.3. The summed E-state index contributed by atoms with van der Waals surface area (Å²) in [6.45, 7) is 2.62. The summed E-state index contributed by atoms with van der Waals surface area (Å²) in [7, 11) is 0. The Morgan fingerprint density at radius 1 is 0.906 bits per heavy atom. The molecule has 4 aromatic rings. The molecule has 0 fully saturated rings. The van der Waals surface area contributed by atoms with Crippen molar-refractivity contribution >= 4 is 23.1 Å². The van der Waals surface area contributed by atoms with E-state index < -0.39 is 0 Å². The minimum absolute atomic E-state index is 0.127. The lowest BCUT2D eigenvalue weighted by molar-refractivity contribution is 0.262. The molecule has 0 spiro atoms. The molecular formula is C24H22N4O4. The highest BCUT2D eigenvalue weighted by molar-refractivity contribution is 5.99. The summed E-state index contributed by atoms with van der Waals surface area (Å²) in [5.74, 6) is 1.28. The first-order chi connectivity index (χ1) is 15.6. The van der Waals surface area contributed by atoms with Gasteiger partial charge in [-0.3, -0.25) is 9.20 Å². The van der Waals surface area contributed by atoms with Crippen LogP contribution in [-0.4, -0.2) is 22.0 Å². The number of hydrogen-bond acceptors (Lipinski definition) is 5. The molecule has 2 N–H and O–H groups in total. The first-order valence-electron chi connectivity index (χ1n) is 10.1. The molecule has 162 valence electrons. The predicted molar refractivity (Wildman–Crippen MR) is 122 cm³/mol. The predicted octanol–water partition coefficient (Wildman–Crippen LogP) is 4.32. The van der Waals surface area contributed by atoms with Crippen LogP contribution in [-0.2, 0) is 6.61 Å². The number of amides is 2. The van der Waals surface area contributed by atoms with Gasteiger partial charge in [0.25, 0.3) is 5.56 Å². The number of hydrogen-bond donors (Lipinski definition) is 2. The minimum Gasteiger partial charge on any atom is -0.494 e. The third-order valence-corrected chi connectivity index (χ3v) is 4.53. The van der Waals surface area contributed by atoms with Crippen molar-refractivity contribution in [3.8, 4) is 11.5 Å². The van der Waals surface area contributed by atoms with E-state index in [2.05, 4.69) is 15.6 Å². The number of rotatable bonds is 7. The van der Waals surface area contributed by atoms with E-state index in [4.69, 9.17) is 9.47 Å². The molecule has 0 aliphatic rings. The molecule has 0 unspecified atom stereocenters. The van der Waals surface area contributed by atoms with E-state index in [1.807, 2.05) is 13.0 Å². The molecule has 8 nitrogen and oxygen atoms in total. The van der Waals surface area contributed by atoms with Crippen LogP contribution < -0.4 is 25.7 Å². The smallest absolute Gasteiger partial charge is 0.323 e. The monoisotopic (exact) mass is 430 g/mol. The van der Waals surface area contributed by atoms with Crippen LogP contribution in [0.4, 0.5) is 16.2 Å². The maximum absolute atomic E-state index is 12.3. The summed E-state index contributed by atoms with van der Waals surface area (Å²) in [5.41, 5.74) is 2.12. The van der Waals surface area contributed by atoms with Gasteiger partial charge in [-0.15, -0.1) is 0 Å². The van der Waals surface area contributed by atoms with Gasteiger partial charge in [0, 0.05) is 29.7 Å². The third-order valence-electron chi connectivity index (χ3n) is 4.53. The summed E-state index contributed by atoms with van der Waals surface area (Å²) in [6.07, 6.45) is 1.67. The van der Waals surface area contributed by atoms with E-state index in [1.165, 1.54) is 10.5 Å². The number of fused-ring (bicyclic) bond motifs is 1. The van der Waals surface area contributed by atoms with Crippen molar-refractivity contribution in [3.05, 3.63) is 95.0 Å². The fraction of sp³-hybridized carbons (Fsp3) is 0.125.